The van der Waals surface area contributed by atoms with Gasteiger partial charge in [-0.3, -0.25) is 4.79 Å². The average molecular weight is 196 g/mol. The molecule has 0 fully saturated rings. The van der Waals surface area contributed by atoms with Crippen molar-refractivity contribution in [2.45, 2.75) is 19.3 Å². The van der Waals surface area contributed by atoms with Gasteiger partial charge in [0.25, 0.3) is 0 Å². The minimum atomic E-state index is -0.148. The summed E-state index contributed by atoms with van der Waals surface area (Å²) in [6.45, 7) is 0. The Labute approximate surface area is 82.7 Å². The van der Waals surface area contributed by atoms with Crippen molar-refractivity contribution in [2.24, 2.45) is 5.73 Å². The van der Waals surface area contributed by atoms with Gasteiger partial charge in [0.2, 0.25) is 5.91 Å². The lowest BCUT2D eigenvalue weighted by Gasteiger charge is -2.06. The van der Waals surface area contributed by atoms with Gasteiger partial charge in [-0.05, 0) is 30.6 Å². The molecule has 1 aliphatic carbocycles. The topological polar surface area (TPSA) is 55.1 Å². The number of carbonyl (C=O) groups excluding carboxylic acids is 1. The Morgan fingerprint density at radius 2 is 2.38 bits per heavy atom. The number of amides is 1. The number of carbonyl (C=O) groups is 1. The molecule has 0 aliphatic heterocycles. The number of rotatable bonds is 2. The molecule has 1 aliphatic rings. The summed E-state index contributed by atoms with van der Waals surface area (Å²) in [5, 5.41) is 2.42. The zero-order valence-corrected chi connectivity index (χ0v) is 8.06. The van der Waals surface area contributed by atoms with E-state index in [9.17, 15) is 4.79 Å². The highest BCUT2D eigenvalue weighted by atomic mass is 32.1. The van der Waals surface area contributed by atoms with Crippen LogP contribution in [0.4, 0.5) is 0 Å². The van der Waals surface area contributed by atoms with E-state index in [0.29, 0.717) is 6.42 Å². The molecule has 13 heavy (non-hydrogen) atoms. The summed E-state index contributed by atoms with van der Waals surface area (Å²) in [5.74, 6) is -0.148. The molecular formula is C9H12N2OS. The molecule has 0 unspecified atom stereocenters. The van der Waals surface area contributed by atoms with Crippen LogP contribution in [0.3, 0.4) is 0 Å². The molecule has 3 nitrogen and oxygen atoms in total. The van der Waals surface area contributed by atoms with Gasteiger partial charge in [0.15, 0.2) is 5.11 Å². The third kappa shape index (κ3) is 3.85. The van der Waals surface area contributed by atoms with Crippen molar-refractivity contribution in [1.82, 2.24) is 5.32 Å². The zero-order chi connectivity index (χ0) is 9.68. The SMILES string of the molecule is NC(=S)NC(=O)CC1=CCCC=C1. The average Bonchev–Trinajstić information content (AvgIpc) is 2.04. The van der Waals surface area contributed by atoms with Crippen molar-refractivity contribution in [2.75, 3.05) is 0 Å². The lowest BCUT2D eigenvalue weighted by atomic mass is 10.0. The van der Waals surface area contributed by atoms with Gasteiger partial charge in [-0.1, -0.05) is 18.2 Å². The minimum Gasteiger partial charge on any atom is -0.376 e. The van der Waals surface area contributed by atoms with E-state index in [0.717, 1.165) is 18.4 Å². The van der Waals surface area contributed by atoms with Crippen LogP contribution in [0, 0.1) is 0 Å². The van der Waals surface area contributed by atoms with Gasteiger partial charge in [-0.25, -0.2) is 0 Å². The van der Waals surface area contributed by atoms with Gasteiger partial charge in [0, 0.05) is 0 Å². The van der Waals surface area contributed by atoms with Gasteiger partial charge in [-0.2, -0.15) is 0 Å². The number of thiocarbonyl (C=S) groups is 1. The summed E-state index contributed by atoms with van der Waals surface area (Å²) < 4.78 is 0. The molecule has 1 amide bonds. The van der Waals surface area contributed by atoms with E-state index in [4.69, 9.17) is 5.73 Å². The largest absolute Gasteiger partial charge is 0.376 e. The van der Waals surface area contributed by atoms with Crippen LogP contribution in [-0.2, 0) is 4.79 Å². The van der Waals surface area contributed by atoms with Crippen LogP contribution in [0.25, 0.3) is 0 Å². The Hall–Kier alpha value is -1.16. The van der Waals surface area contributed by atoms with Crippen molar-refractivity contribution in [1.29, 1.82) is 0 Å². The zero-order valence-electron chi connectivity index (χ0n) is 7.25. The number of nitrogens with two attached hydrogens (primary N) is 1. The lowest BCUT2D eigenvalue weighted by molar-refractivity contribution is -0.118. The Morgan fingerprint density at radius 1 is 1.62 bits per heavy atom. The second-order valence-electron chi connectivity index (χ2n) is 2.85. The number of allylic oxidation sites excluding steroid dienone is 3. The molecule has 4 heteroatoms. The molecule has 0 bridgehead atoms. The number of hydrogen-bond acceptors (Lipinski definition) is 2. The van der Waals surface area contributed by atoms with Crippen LogP contribution >= 0.6 is 12.2 Å². The fourth-order valence-corrected chi connectivity index (χ4v) is 1.28. The molecule has 0 saturated heterocycles. The van der Waals surface area contributed by atoms with Crippen molar-refractivity contribution >= 4 is 23.2 Å². The Morgan fingerprint density at radius 3 is 2.92 bits per heavy atom. The van der Waals surface area contributed by atoms with Crippen molar-refractivity contribution in [3.05, 3.63) is 23.8 Å². The highest BCUT2D eigenvalue weighted by Gasteiger charge is 2.05. The Bertz CT molecular complexity index is 281. The maximum absolute atomic E-state index is 11.2. The van der Waals surface area contributed by atoms with Crippen molar-refractivity contribution in [3.8, 4) is 0 Å². The smallest absolute Gasteiger partial charge is 0.230 e. The molecular weight excluding hydrogens is 184 g/mol. The van der Waals surface area contributed by atoms with Gasteiger partial charge in [0.1, 0.15) is 0 Å². The van der Waals surface area contributed by atoms with E-state index >= 15 is 0 Å². The first-order valence-corrected chi connectivity index (χ1v) is 4.54. The molecule has 0 radical (unpaired) electrons. The maximum Gasteiger partial charge on any atom is 0.230 e. The van der Waals surface area contributed by atoms with E-state index in [1.54, 1.807) is 0 Å². The third-order valence-corrected chi connectivity index (χ3v) is 1.80. The predicted octanol–water partition coefficient (Wildman–Crippen LogP) is 1.01. The molecule has 70 valence electrons. The molecule has 0 aromatic heterocycles. The normalized spacial score (nSPS) is 14.9. The quantitative estimate of drug-likeness (QED) is 0.648. The Balaban J connectivity index is 2.40. The highest BCUT2D eigenvalue weighted by molar-refractivity contribution is 7.80. The molecule has 0 aromatic rings. The van der Waals surface area contributed by atoms with Crippen molar-refractivity contribution < 1.29 is 4.79 Å². The molecule has 0 aromatic carbocycles. The maximum atomic E-state index is 11.2. The number of hydrogen-bond donors (Lipinski definition) is 2. The standard InChI is InChI=1S/C9H12N2OS/c10-9(13)11-8(12)6-7-4-2-1-3-5-7/h2,4-5H,1,3,6H2,(H3,10,11,12,13). The third-order valence-electron chi connectivity index (χ3n) is 1.70. The van der Waals surface area contributed by atoms with E-state index in [2.05, 4.69) is 29.7 Å². The summed E-state index contributed by atoms with van der Waals surface area (Å²) in [5.41, 5.74) is 6.19. The second-order valence-corrected chi connectivity index (χ2v) is 3.29. The predicted molar refractivity (Wildman–Crippen MR) is 56.0 cm³/mol. The lowest BCUT2D eigenvalue weighted by Crippen LogP contribution is -2.34. The number of nitrogens with one attached hydrogen (secondary N) is 1. The van der Waals surface area contributed by atoms with Gasteiger partial charge in [-0.15, -0.1) is 0 Å². The van der Waals surface area contributed by atoms with Crippen LogP contribution in [-0.4, -0.2) is 11.0 Å². The van der Waals surface area contributed by atoms with Crippen LogP contribution < -0.4 is 11.1 Å². The molecule has 3 N–H and O–H groups in total. The fraction of sp³-hybridized carbons (Fsp3) is 0.333. The molecule has 0 spiro atoms. The summed E-state index contributed by atoms with van der Waals surface area (Å²) >= 11 is 4.55. The Kier molecular flexibility index (Phi) is 3.64. The van der Waals surface area contributed by atoms with Crippen LogP contribution in [0.15, 0.2) is 23.8 Å². The van der Waals surface area contributed by atoms with Crippen molar-refractivity contribution in [3.63, 3.8) is 0 Å². The first-order chi connectivity index (χ1) is 6.18. The van der Waals surface area contributed by atoms with E-state index in [1.807, 2.05) is 6.08 Å². The van der Waals surface area contributed by atoms with Gasteiger partial charge >= 0.3 is 0 Å². The monoisotopic (exact) mass is 196 g/mol. The van der Waals surface area contributed by atoms with E-state index in [1.165, 1.54) is 0 Å². The summed E-state index contributed by atoms with van der Waals surface area (Å²) in [6.07, 6.45) is 8.49. The van der Waals surface area contributed by atoms with E-state index in [-0.39, 0.29) is 11.0 Å². The molecule has 1 rings (SSSR count). The summed E-state index contributed by atoms with van der Waals surface area (Å²) in [7, 11) is 0. The summed E-state index contributed by atoms with van der Waals surface area (Å²) in [4.78, 5) is 11.2. The van der Waals surface area contributed by atoms with Crippen LogP contribution in [0.2, 0.25) is 0 Å². The molecule has 0 atom stereocenters. The first-order valence-electron chi connectivity index (χ1n) is 4.13. The fourth-order valence-electron chi connectivity index (χ4n) is 1.17. The first kappa shape index (κ1) is 9.92. The minimum absolute atomic E-state index is 0.0328. The van der Waals surface area contributed by atoms with E-state index < -0.39 is 0 Å². The molecule has 0 heterocycles. The molecule has 0 saturated carbocycles. The van der Waals surface area contributed by atoms with Gasteiger partial charge < -0.3 is 11.1 Å². The van der Waals surface area contributed by atoms with Crippen LogP contribution in [0.5, 0.6) is 0 Å². The summed E-state index contributed by atoms with van der Waals surface area (Å²) in [6, 6.07) is 0. The second kappa shape index (κ2) is 4.77. The van der Waals surface area contributed by atoms with Gasteiger partial charge in [0.05, 0.1) is 6.42 Å². The van der Waals surface area contributed by atoms with Crippen LogP contribution in [0.1, 0.15) is 19.3 Å². The highest BCUT2D eigenvalue weighted by Crippen LogP contribution is 2.12.